The molecular weight excluding hydrogens is 318 g/mol. The van der Waals surface area contributed by atoms with Crippen LogP contribution in [0, 0.1) is 11.8 Å². The number of ether oxygens (including phenoxy) is 1. The molecular formula is C24H31NO. The third-order valence-corrected chi connectivity index (χ3v) is 6.52. The molecule has 26 heavy (non-hydrogen) atoms. The quantitative estimate of drug-likeness (QED) is 0.707. The predicted molar refractivity (Wildman–Crippen MR) is 108 cm³/mol. The fourth-order valence-corrected chi connectivity index (χ4v) is 5.20. The monoisotopic (exact) mass is 349 g/mol. The third-order valence-electron chi connectivity index (χ3n) is 6.52. The molecule has 1 heterocycles. The maximum Gasteiger partial charge on any atom is 0.119 e. The Labute approximate surface area is 158 Å². The number of piperidine rings is 1. The Balaban J connectivity index is 1.58. The number of likely N-dealkylation sites (tertiary alicyclic amines) is 1. The number of hydrogen-bond donors (Lipinski definition) is 0. The van der Waals surface area contributed by atoms with Gasteiger partial charge in [-0.05, 0) is 60.9 Å². The summed E-state index contributed by atoms with van der Waals surface area (Å²) in [5.74, 6) is 2.71. The molecule has 2 aliphatic rings. The molecule has 2 fully saturated rings. The fraction of sp³-hybridized carbons (Fsp3) is 0.500. The molecule has 0 N–H and O–H groups in total. The normalized spacial score (nSPS) is 26.3. The van der Waals surface area contributed by atoms with E-state index in [9.17, 15) is 0 Å². The Bertz CT molecular complexity index is 698. The first-order valence-electron chi connectivity index (χ1n) is 10.3. The first-order valence-corrected chi connectivity index (χ1v) is 10.3. The van der Waals surface area contributed by atoms with Gasteiger partial charge >= 0.3 is 0 Å². The van der Waals surface area contributed by atoms with E-state index in [1.54, 1.807) is 7.11 Å². The minimum atomic E-state index is 0.549. The van der Waals surface area contributed by atoms with E-state index in [1.807, 2.05) is 0 Å². The lowest BCUT2D eigenvalue weighted by Crippen LogP contribution is -2.45. The largest absolute Gasteiger partial charge is 0.497 e. The SMILES string of the molecule is COc1cccc([C@@H]2C3CCCC[C@H]3CCN2CCc2ccccc2)c1. The summed E-state index contributed by atoms with van der Waals surface area (Å²) in [6, 6.07) is 20.3. The molecule has 1 saturated heterocycles. The highest BCUT2D eigenvalue weighted by molar-refractivity contribution is 5.31. The Hall–Kier alpha value is -1.80. The van der Waals surface area contributed by atoms with Crippen molar-refractivity contribution in [3.8, 4) is 5.75 Å². The van der Waals surface area contributed by atoms with Crippen LogP contribution < -0.4 is 4.74 Å². The zero-order chi connectivity index (χ0) is 17.8. The van der Waals surface area contributed by atoms with Gasteiger partial charge in [-0.25, -0.2) is 0 Å². The van der Waals surface area contributed by atoms with Crippen LogP contribution in [0.3, 0.4) is 0 Å². The van der Waals surface area contributed by atoms with Crippen LogP contribution in [0.2, 0.25) is 0 Å². The van der Waals surface area contributed by atoms with Gasteiger partial charge in [-0.2, -0.15) is 0 Å². The summed E-state index contributed by atoms with van der Waals surface area (Å²) in [7, 11) is 1.77. The highest BCUT2D eigenvalue weighted by Gasteiger charge is 2.39. The molecule has 2 aromatic carbocycles. The average Bonchev–Trinajstić information content (AvgIpc) is 2.72. The Morgan fingerprint density at radius 1 is 0.962 bits per heavy atom. The molecule has 4 rings (SSSR count). The summed E-state index contributed by atoms with van der Waals surface area (Å²) in [5, 5.41) is 0. The van der Waals surface area contributed by atoms with Crippen LogP contribution in [0.4, 0.5) is 0 Å². The van der Waals surface area contributed by atoms with Crippen molar-refractivity contribution in [1.82, 2.24) is 4.90 Å². The molecule has 138 valence electrons. The molecule has 0 bridgehead atoms. The van der Waals surface area contributed by atoms with E-state index >= 15 is 0 Å². The van der Waals surface area contributed by atoms with Crippen LogP contribution in [-0.2, 0) is 6.42 Å². The van der Waals surface area contributed by atoms with Gasteiger partial charge in [0.05, 0.1) is 7.11 Å². The maximum atomic E-state index is 5.53. The minimum absolute atomic E-state index is 0.549. The lowest BCUT2D eigenvalue weighted by molar-refractivity contribution is 0.0230. The van der Waals surface area contributed by atoms with Crippen molar-refractivity contribution >= 4 is 0 Å². The highest BCUT2D eigenvalue weighted by atomic mass is 16.5. The average molecular weight is 350 g/mol. The maximum absolute atomic E-state index is 5.53. The van der Waals surface area contributed by atoms with Gasteiger partial charge in [-0.3, -0.25) is 4.90 Å². The van der Waals surface area contributed by atoms with Crippen molar-refractivity contribution in [2.24, 2.45) is 11.8 Å². The lowest BCUT2D eigenvalue weighted by Gasteiger charge is -2.48. The molecule has 0 aromatic heterocycles. The van der Waals surface area contributed by atoms with Crippen LogP contribution in [0.25, 0.3) is 0 Å². The molecule has 2 heteroatoms. The third kappa shape index (κ3) is 3.81. The predicted octanol–water partition coefficient (Wildman–Crippen LogP) is 5.49. The number of benzene rings is 2. The minimum Gasteiger partial charge on any atom is -0.497 e. The van der Waals surface area contributed by atoms with Gasteiger partial charge < -0.3 is 4.74 Å². The van der Waals surface area contributed by atoms with Crippen molar-refractivity contribution in [3.63, 3.8) is 0 Å². The van der Waals surface area contributed by atoms with E-state index in [1.165, 1.54) is 49.8 Å². The van der Waals surface area contributed by atoms with Crippen molar-refractivity contribution < 1.29 is 4.74 Å². The fourth-order valence-electron chi connectivity index (χ4n) is 5.20. The topological polar surface area (TPSA) is 12.5 Å². The number of methoxy groups -OCH3 is 1. The van der Waals surface area contributed by atoms with Crippen molar-refractivity contribution in [2.45, 2.75) is 44.6 Å². The van der Waals surface area contributed by atoms with E-state index in [0.717, 1.165) is 30.6 Å². The Morgan fingerprint density at radius 2 is 1.81 bits per heavy atom. The van der Waals surface area contributed by atoms with E-state index in [-0.39, 0.29) is 0 Å². The molecule has 1 saturated carbocycles. The van der Waals surface area contributed by atoms with E-state index in [0.29, 0.717) is 6.04 Å². The molecule has 0 radical (unpaired) electrons. The van der Waals surface area contributed by atoms with Gasteiger partial charge in [-0.1, -0.05) is 61.7 Å². The summed E-state index contributed by atoms with van der Waals surface area (Å²) < 4.78 is 5.53. The molecule has 1 aliphatic carbocycles. The molecule has 0 spiro atoms. The van der Waals surface area contributed by atoms with Gasteiger partial charge in [0.15, 0.2) is 0 Å². The Morgan fingerprint density at radius 3 is 2.65 bits per heavy atom. The zero-order valence-electron chi connectivity index (χ0n) is 15.9. The molecule has 3 atom stereocenters. The number of nitrogens with zero attached hydrogens (tertiary/aromatic N) is 1. The van der Waals surface area contributed by atoms with E-state index in [2.05, 4.69) is 59.5 Å². The number of hydrogen-bond acceptors (Lipinski definition) is 2. The van der Waals surface area contributed by atoms with Crippen LogP contribution in [0.15, 0.2) is 54.6 Å². The second-order valence-corrected chi connectivity index (χ2v) is 7.99. The van der Waals surface area contributed by atoms with Crippen molar-refractivity contribution in [3.05, 3.63) is 65.7 Å². The van der Waals surface area contributed by atoms with Crippen molar-refractivity contribution in [1.29, 1.82) is 0 Å². The molecule has 2 aromatic rings. The van der Waals surface area contributed by atoms with Crippen molar-refractivity contribution in [2.75, 3.05) is 20.2 Å². The summed E-state index contributed by atoms with van der Waals surface area (Å²) in [4.78, 5) is 2.76. The number of rotatable bonds is 5. The molecule has 0 amide bonds. The number of fused-ring (bicyclic) bond motifs is 1. The Kier molecular flexibility index (Phi) is 5.59. The zero-order valence-corrected chi connectivity index (χ0v) is 15.9. The summed E-state index contributed by atoms with van der Waals surface area (Å²) in [6.07, 6.45) is 8.15. The van der Waals surface area contributed by atoms with Crippen LogP contribution in [0.5, 0.6) is 5.75 Å². The molecule has 1 aliphatic heterocycles. The van der Waals surface area contributed by atoms with Crippen LogP contribution >= 0.6 is 0 Å². The standard InChI is InChI=1S/C24H31NO/c1-26-22-12-7-11-21(18-22)24-23-13-6-5-10-20(23)15-17-25(24)16-14-19-8-3-2-4-9-19/h2-4,7-9,11-12,18,20,23-24H,5-6,10,13-17H2,1H3/t20-,23?,24+/m0/s1. The second kappa shape index (κ2) is 8.26. The summed E-state index contributed by atoms with van der Waals surface area (Å²) >= 11 is 0. The van der Waals surface area contributed by atoms with Gasteiger partial charge in [0.2, 0.25) is 0 Å². The summed E-state index contributed by atoms with van der Waals surface area (Å²) in [6.45, 7) is 2.38. The van der Waals surface area contributed by atoms with Gasteiger partial charge in [0.1, 0.15) is 5.75 Å². The van der Waals surface area contributed by atoms with Gasteiger partial charge in [0, 0.05) is 12.6 Å². The molecule has 2 nitrogen and oxygen atoms in total. The van der Waals surface area contributed by atoms with E-state index < -0.39 is 0 Å². The first-order chi connectivity index (χ1) is 12.8. The van der Waals surface area contributed by atoms with Gasteiger partial charge in [0.25, 0.3) is 0 Å². The van der Waals surface area contributed by atoms with Crippen LogP contribution in [-0.4, -0.2) is 25.1 Å². The van der Waals surface area contributed by atoms with Gasteiger partial charge in [-0.15, -0.1) is 0 Å². The smallest absolute Gasteiger partial charge is 0.119 e. The van der Waals surface area contributed by atoms with E-state index in [4.69, 9.17) is 4.74 Å². The first kappa shape index (κ1) is 17.6. The lowest BCUT2D eigenvalue weighted by atomic mass is 9.69. The summed E-state index contributed by atoms with van der Waals surface area (Å²) in [5.41, 5.74) is 2.90. The second-order valence-electron chi connectivity index (χ2n) is 7.99. The van der Waals surface area contributed by atoms with Crippen LogP contribution in [0.1, 0.15) is 49.3 Å². The highest BCUT2D eigenvalue weighted by Crippen LogP contribution is 2.47. The molecule has 1 unspecified atom stereocenters.